The zero-order valence-corrected chi connectivity index (χ0v) is 16.2. The van der Waals surface area contributed by atoms with Crippen LogP contribution in [0.3, 0.4) is 0 Å². The van der Waals surface area contributed by atoms with Gasteiger partial charge in [0.05, 0.1) is 0 Å². The van der Waals surface area contributed by atoms with Crippen molar-refractivity contribution in [3.63, 3.8) is 0 Å². The molecule has 0 heteroatoms. The second kappa shape index (κ2) is 11.6. The van der Waals surface area contributed by atoms with Crippen molar-refractivity contribution in [2.45, 2.75) is 125 Å². The Morgan fingerprint density at radius 2 is 0.714 bits per heavy atom. The summed E-state index contributed by atoms with van der Waals surface area (Å²) in [6.07, 6.45) is 18.4. The summed E-state index contributed by atoms with van der Waals surface area (Å²) in [6.45, 7) is 14.3. The van der Waals surface area contributed by atoms with E-state index in [-0.39, 0.29) is 0 Å². The van der Waals surface area contributed by atoms with E-state index in [1.807, 2.05) is 0 Å². The van der Waals surface area contributed by atoms with Crippen molar-refractivity contribution in [3.05, 3.63) is 0 Å². The lowest BCUT2D eigenvalue weighted by molar-refractivity contribution is 0.162. The van der Waals surface area contributed by atoms with Crippen LogP contribution in [0.2, 0.25) is 0 Å². The van der Waals surface area contributed by atoms with Crippen LogP contribution in [0.5, 0.6) is 0 Å². The summed E-state index contributed by atoms with van der Waals surface area (Å²) in [6, 6.07) is 0. The van der Waals surface area contributed by atoms with Gasteiger partial charge in [-0.2, -0.15) is 0 Å². The molecule has 0 saturated heterocycles. The number of hydrogen-bond donors (Lipinski definition) is 0. The SMILES string of the molecule is CCCCC(CC)(CC)CCCC(CC)(CC)CCCC. The minimum absolute atomic E-state index is 0.647. The third-order valence-corrected chi connectivity index (χ3v) is 6.54. The lowest BCUT2D eigenvalue weighted by Crippen LogP contribution is -2.23. The van der Waals surface area contributed by atoms with Crippen molar-refractivity contribution >= 4 is 0 Å². The molecule has 0 aliphatic carbocycles. The first kappa shape index (κ1) is 21.0. The highest BCUT2D eigenvalue weighted by molar-refractivity contribution is 4.81. The number of rotatable bonds is 14. The lowest BCUT2D eigenvalue weighted by atomic mass is 9.70. The molecule has 0 nitrogen and oxygen atoms in total. The summed E-state index contributed by atoms with van der Waals surface area (Å²) in [5, 5.41) is 0. The first-order valence-electron chi connectivity index (χ1n) is 10.1. The molecule has 0 N–H and O–H groups in total. The Kier molecular flexibility index (Phi) is 11.6. The largest absolute Gasteiger partial charge is 0.0654 e. The maximum atomic E-state index is 2.42. The van der Waals surface area contributed by atoms with Crippen molar-refractivity contribution in [2.75, 3.05) is 0 Å². The molecule has 0 saturated carbocycles. The van der Waals surface area contributed by atoms with E-state index in [0.29, 0.717) is 10.8 Å². The van der Waals surface area contributed by atoms with Crippen LogP contribution in [-0.2, 0) is 0 Å². The van der Waals surface area contributed by atoms with E-state index >= 15 is 0 Å². The molecule has 0 aromatic rings. The van der Waals surface area contributed by atoms with E-state index in [4.69, 9.17) is 0 Å². The first-order valence-corrected chi connectivity index (χ1v) is 10.1. The molecule has 0 fully saturated rings. The molecule has 0 heterocycles. The highest BCUT2D eigenvalue weighted by Crippen LogP contribution is 2.42. The van der Waals surface area contributed by atoms with Crippen LogP contribution in [0.1, 0.15) is 125 Å². The van der Waals surface area contributed by atoms with Crippen LogP contribution in [0.25, 0.3) is 0 Å². The molecule has 0 aromatic carbocycles. The molecule has 0 radical (unpaired) electrons. The summed E-state index contributed by atoms with van der Waals surface area (Å²) in [5.41, 5.74) is 1.29. The van der Waals surface area contributed by atoms with Crippen molar-refractivity contribution in [1.29, 1.82) is 0 Å². The third-order valence-electron chi connectivity index (χ3n) is 6.54. The van der Waals surface area contributed by atoms with E-state index in [1.54, 1.807) is 0 Å². The maximum absolute atomic E-state index is 2.42. The Morgan fingerprint density at radius 3 is 0.952 bits per heavy atom. The standard InChI is InChI=1S/C21H44/c1-7-13-16-20(9-3,10-4)18-15-19-21(11-5,12-6)17-14-8-2/h7-19H2,1-6H3. The monoisotopic (exact) mass is 296 g/mol. The zero-order valence-electron chi connectivity index (χ0n) is 16.2. The molecule has 0 spiro atoms. The van der Waals surface area contributed by atoms with E-state index in [9.17, 15) is 0 Å². The van der Waals surface area contributed by atoms with Gasteiger partial charge >= 0.3 is 0 Å². The first-order chi connectivity index (χ1) is 10.1. The summed E-state index contributed by atoms with van der Waals surface area (Å²) in [4.78, 5) is 0. The van der Waals surface area contributed by atoms with Crippen molar-refractivity contribution < 1.29 is 0 Å². The summed E-state index contributed by atoms with van der Waals surface area (Å²) >= 11 is 0. The average Bonchev–Trinajstić information content (AvgIpc) is 2.54. The molecule has 0 aromatic heterocycles. The van der Waals surface area contributed by atoms with E-state index < -0.39 is 0 Å². The number of hydrogen-bond acceptors (Lipinski definition) is 0. The molecular weight excluding hydrogens is 252 g/mol. The molecule has 0 aliphatic rings. The van der Waals surface area contributed by atoms with Crippen LogP contribution >= 0.6 is 0 Å². The minimum Gasteiger partial charge on any atom is -0.0654 e. The fourth-order valence-electron chi connectivity index (χ4n) is 4.11. The van der Waals surface area contributed by atoms with E-state index in [1.165, 1.54) is 83.5 Å². The quantitative estimate of drug-likeness (QED) is 0.303. The Balaban J connectivity index is 4.49. The summed E-state index contributed by atoms with van der Waals surface area (Å²) in [7, 11) is 0. The van der Waals surface area contributed by atoms with Gasteiger partial charge in [0.15, 0.2) is 0 Å². The topological polar surface area (TPSA) is 0 Å². The maximum Gasteiger partial charge on any atom is -0.0303 e. The minimum atomic E-state index is 0.647. The van der Waals surface area contributed by atoms with Crippen LogP contribution < -0.4 is 0 Å². The Hall–Kier alpha value is 0. The second-order valence-electron chi connectivity index (χ2n) is 7.47. The molecule has 0 amide bonds. The third kappa shape index (κ3) is 7.20. The van der Waals surface area contributed by atoms with Crippen LogP contribution in [0, 0.1) is 10.8 Å². The van der Waals surface area contributed by atoms with Gasteiger partial charge in [-0.25, -0.2) is 0 Å². The van der Waals surface area contributed by atoms with Crippen LogP contribution in [0.4, 0.5) is 0 Å². The van der Waals surface area contributed by atoms with E-state index in [0.717, 1.165) is 0 Å². The van der Waals surface area contributed by atoms with Crippen LogP contribution in [-0.4, -0.2) is 0 Å². The molecule has 0 aliphatic heterocycles. The zero-order chi connectivity index (χ0) is 16.2. The van der Waals surface area contributed by atoms with Gasteiger partial charge in [-0.3, -0.25) is 0 Å². The van der Waals surface area contributed by atoms with Gasteiger partial charge in [0, 0.05) is 0 Å². The fraction of sp³-hybridized carbons (Fsp3) is 1.00. The molecule has 0 atom stereocenters. The van der Waals surface area contributed by atoms with Crippen molar-refractivity contribution in [3.8, 4) is 0 Å². The van der Waals surface area contributed by atoms with E-state index in [2.05, 4.69) is 41.5 Å². The molecular formula is C21H44. The summed E-state index contributed by atoms with van der Waals surface area (Å²) in [5.74, 6) is 0. The van der Waals surface area contributed by atoms with Gasteiger partial charge in [-0.1, -0.05) is 99.3 Å². The predicted octanol–water partition coefficient (Wildman–Crippen LogP) is 8.15. The number of unbranched alkanes of at least 4 members (excludes halogenated alkanes) is 2. The molecule has 0 unspecified atom stereocenters. The Morgan fingerprint density at radius 1 is 0.429 bits per heavy atom. The fourth-order valence-corrected chi connectivity index (χ4v) is 4.11. The van der Waals surface area contributed by atoms with Gasteiger partial charge in [-0.05, 0) is 36.5 Å². The second-order valence-corrected chi connectivity index (χ2v) is 7.47. The smallest absolute Gasteiger partial charge is 0.0303 e. The average molecular weight is 297 g/mol. The van der Waals surface area contributed by atoms with Crippen LogP contribution in [0.15, 0.2) is 0 Å². The van der Waals surface area contributed by atoms with Gasteiger partial charge in [0.25, 0.3) is 0 Å². The predicted molar refractivity (Wildman–Crippen MR) is 98.9 cm³/mol. The van der Waals surface area contributed by atoms with Crippen molar-refractivity contribution in [1.82, 2.24) is 0 Å². The Bertz CT molecular complexity index is 196. The molecule has 0 rings (SSSR count). The normalized spacial score (nSPS) is 12.9. The highest BCUT2D eigenvalue weighted by Gasteiger charge is 2.29. The molecule has 0 bridgehead atoms. The molecule has 21 heavy (non-hydrogen) atoms. The van der Waals surface area contributed by atoms with Gasteiger partial charge < -0.3 is 0 Å². The Labute approximate surface area is 136 Å². The van der Waals surface area contributed by atoms with Gasteiger partial charge in [-0.15, -0.1) is 0 Å². The van der Waals surface area contributed by atoms with Gasteiger partial charge in [0.1, 0.15) is 0 Å². The van der Waals surface area contributed by atoms with Gasteiger partial charge in [0.2, 0.25) is 0 Å². The molecule has 128 valence electrons. The highest BCUT2D eigenvalue weighted by atomic mass is 14.3. The lowest BCUT2D eigenvalue weighted by Gasteiger charge is -2.36. The van der Waals surface area contributed by atoms with Crippen molar-refractivity contribution in [2.24, 2.45) is 10.8 Å². The summed E-state index contributed by atoms with van der Waals surface area (Å²) < 4.78 is 0.